The molecule has 0 heterocycles. The van der Waals surface area contributed by atoms with Crippen LogP contribution in [0.25, 0.3) is 0 Å². The second kappa shape index (κ2) is 5.32. The van der Waals surface area contributed by atoms with Gasteiger partial charge in [0, 0.05) is 19.5 Å². The maximum absolute atomic E-state index is 11.2. The monoisotopic (exact) mass is 200 g/mol. The van der Waals surface area contributed by atoms with Gasteiger partial charge in [-0.25, -0.2) is 0 Å². The molecule has 82 valence electrons. The molecule has 0 radical (unpaired) electrons. The highest BCUT2D eigenvalue weighted by Crippen LogP contribution is 2.28. The number of amides is 1. The van der Waals surface area contributed by atoms with E-state index in [0.717, 1.165) is 25.7 Å². The summed E-state index contributed by atoms with van der Waals surface area (Å²) < 4.78 is 0. The third-order valence-corrected chi connectivity index (χ3v) is 2.75. The van der Waals surface area contributed by atoms with E-state index in [9.17, 15) is 9.90 Å². The fraction of sp³-hybridized carbons (Fsp3) is 0.900. The molecule has 0 aromatic heterocycles. The van der Waals surface area contributed by atoms with Crippen molar-refractivity contribution in [1.82, 2.24) is 10.6 Å². The summed E-state index contributed by atoms with van der Waals surface area (Å²) in [4.78, 5) is 11.2. The van der Waals surface area contributed by atoms with Gasteiger partial charge in [-0.3, -0.25) is 4.79 Å². The van der Waals surface area contributed by atoms with Crippen LogP contribution in [0.2, 0.25) is 0 Å². The van der Waals surface area contributed by atoms with Crippen molar-refractivity contribution < 1.29 is 9.90 Å². The first-order valence-corrected chi connectivity index (χ1v) is 5.30. The normalized spacial score (nSPS) is 19.6. The Morgan fingerprint density at radius 2 is 2.07 bits per heavy atom. The van der Waals surface area contributed by atoms with Gasteiger partial charge in [-0.05, 0) is 19.9 Å². The van der Waals surface area contributed by atoms with Crippen molar-refractivity contribution >= 4 is 5.91 Å². The van der Waals surface area contributed by atoms with Gasteiger partial charge < -0.3 is 15.7 Å². The van der Waals surface area contributed by atoms with Gasteiger partial charge in [0.2, 0.25) is 5.91 Å². The van der Waals surface area contributed by atoms with Crippen molar-refractivity contribution in [3.05, 3.63) is 0 Å². The molecule has 14 heavy (non-hydrogen) atoms. The zero-order valence-corrected chi connectivity index (χ0v) is 8.81. The number of rotatable bonds is 5. The first-order valence-electron chi connectivity index (χ1n) is 5.30. The lowest BCUT2D eigenvalue weighted by atomic mass is 10.0. The van der Waals surface area contributed by atoms with Gasteiger partial charge >= 0.3 is 0 Å². The number of aliphatic hydroxyl groups is 1. The Balaban J connectivity index is 2.15. The van der Waals surface area contributed by atoms with E-state index in [1.807, 2.05) is 7.05 Å². The standard InChI is InChI=1S/C10H20N2O2/c1-11-7-4-9(13)12-8-10(14)5-2-3-6-10/h11,14H,2-8H2,1H3,(H,12,13). The Morgan fingerprint density at radius 1 is 1.43 bits per heavy atom. The molecule has 1 aliphatic carbocycles. The molecule has 3 N–H and O–H groups in total. The second-order valence-electron chi connectivity index (χ2n) is 4.06. The van der Waals surface area contributed by atoms with E-state index in [1.54, 1.807) is 0 Å². The molecule has 1 fully saturated rings. The van der Waals surface area contributed by atoms with Crippen molar-refractivity contribution in [2.45, 2.75) is 37.7 Å². The SMILES string of the molecule is CNCCC(=O)NCC1(O)CCCC1. The van der Waals surface area contributed by atoms with Crippen molar-refractivity contribution in [3.63, 3.8) is 0 Å². The lowest BCUT2D eigenvalue weighted by Gasteiger charge is -2.22. The van der Waals surface area contributed by atoms with Crippen molar-refractivity contribution in [3.8, 4) is 0 Å². The van der Waals surface area contributed by atoms with Gasteiger partial charge in [0.25, 0.3) is 0 Å². The van der Waals surface area contributed by atoms with Crippen LogP contribution >= 0.6 is 0 Å². The maximum atomic E-state index is 11.2. The van der Waals surface area contributed by atoms with Crippen molar-refractivity contribution in [1.29, 1.82) is 0 Å². The third-order valence-electron chi connectivity index (χ3n) is 2.75. The number of carbonyl (C=O) groups excluding carboxylic acids is 1. The molecule has 0 unspecified atom stereocenters. The van der Waals surface area contributed by atoms with Crippen LogP contribution < -0.4 is 10.6 Å². The van der Waals surface area contributed by atoms with Crippen molar-refractivity contribution in [2.75, 3.05) is 20.1 Å². The highest BCUT2D eigenvalue weighted by atomic mass is 16.3. The van der Waals surface area contributed by atoms with Crippen LogP contribution in [0.1, 0.15) is 32.1 Å². The predicted octanol–water partition coefficient (Wildman–Crippen LogP) is 0.0172. The smallest absolute Gasteiger partial charge is 0.221 e. The van der Waals surface area contributed by atoms with Gasteiger partial charge in [-0.15, -0.1) is 0 Å². The Labute approximate surface area is 85.1 Å². The summed E-state index contributed by atoms with van der Waals surface area (Å²) >= 11 is 0. The van der Waals surface area contributed by atoms with E-state index >= 15 is 0 Å². The number of carbonyl (C=O) groups is 1. The van der Waals surface area contributed by atoms with E-state index in [4.69, 9.17) is 0 Å². The molecule has 0 aromatic carbocycles. The lowest BCUT2D eigenvalue weighted by molar-refractivity contribution is -0.122. The predicted molar refractivity (Wildman–Crippen MR) is 55.0 cm³/mol. The highest BCUT2D eigenvalue weighted by Gasteiger charge is 2.30. The molecule has 0 spiro atoms. The minimum Gasteiger partial charge on any atom is -0.388 e. The topological polar surface area (TPSA) is 61.4 Å². The van der Waals surface area contributed by atoms with E-state index in [0.29, 0.717) is 19.5 Å². The Morgan fingerprint density at radius 3 is 2.64 bits per heavy atom. The average Bonchev–Trinajstić information content (AvgIpc) is 2.60. The van der Waals surface area contributed by atoms with Crippen LogP contribution in [-0.2, 0) is 4.79 Å². The van der Waals surface area contributed by atoms with Crippen molar-refractivity contribution in [2.24, 2.45) is 0 Å². The molecular formula is C10H20N2O2. The molecule has 0 saturated heterocycles. The lowest BCUT2D eigenvalue weighted by Crippen LogP contribution is -2.41. The average molecular weight is 200 g/mol. The summed E-state index contributed by atoms with van der Waals surface area (Å²) in [6, 6.07) is 0. The minimum absolute atomic E-state index is 0.0136. The fourth-order valence-electron chi connectivity index (χ4n) is 1.80. The van der Waals surface area contributed by atoms with Crippen LogP contribution in [-0.4, -0.2) is 36.8 Å². The maximum Gasteiger partial charge on any atom is 0.221 e. The van der Waals surface area contributed by atoms with Crippen LogP contribution in [0, 0.1) is 0 Å². The van der Waals surface area contributed by atoms with Gasteiger partial charge in [0.05, 0.1) is 5.60 Å². The Hall–Kier alpha value is -0.610. The number of hydrogen-bond donors (Lipinski definition) is 3. The van der Waals surface area contributed by atoms with Gasteiger partial charge in [0.15, 0.2) is 0 Å². The zero-order valence-electron chi connectivity index (χ0n) is 8.81. The Bertz CT molecular complexity index is 189. The highest BCUT2D eigenvalue weighted by molar-refractivity contribution is 5.76. The van der Waals surface area contributed by atoms with Crippen LogP contribution in [0.4, 0.5) is 0 Å². The molecule has 4 nitrogen and oxygen atoms in total. The van der Waals surface area contributed by atoms with Crippen LogP contribution in [0.5, 0.6) is 0 Å². The zero-order chi connectivity index (χ0) is 10.4. The summed E-state index contributed by atoms with van der Waals surface area (Å²) in [5.74, 6) is 0.0136. The number of nitrogens with one attached hydrogen (secondary N) is 2. The Kier molecular flexibility index (Phi) is 4.35. The van der Waals surface area contributed by atoms with E-state index in [1.165, 1.54) is 0 Å². The summed E-state index contributed by atoms with van der Waals surface area (Å²) in [6.45, 7) is 1.10. The summed E-state index contributed by atoms with van der Waals surface area (Å²) in [5, 5.41) is 15.6. The minimum atomic E-state index is -0.630. The summed E-state index contributed by atoms with van der Waals surface area (Å²) in [7, 11) is 1.82. The largest absolute Gasteiger partial charge is 0.388 e. The van der Waals surface area contributed by atoms with E-state index in [2.05, 4.69) is 10.6 Å². The summed E-state index contributed by atoms with van der Waals surface area (Å²) in [6.07, 6.45) is 4.26. The van der Waals surface area contributed by atoms with E-state index in [-0.39, 0.29) is 5.91 Å². The quantitative estimate of drug-likeness (QED) is 0.586. The van der Waals surface area contributed by atoms with Gasteiger partial charge in [-0.1, -0.05) is 12.8 Å². The molecule has 1 amide bonds. The molecule has 1 rings (SSSR count). The third kappa shape index (κ3) is 3.64. The molecular weight excluding hydrogens is 180 g/mol. The first-order chi connectivity index (χ1) is 6.66. The molecule has 0 bridgehead atoms. The molecule has 0 atom stereocenters. The van der Waals surface area contributed by atoms with E-state index < -0.39 is 5.60 Å². The molecule has 0 aromatic rings. The molecule has 1 aliphatic rings. The molecule has 4 heteroatoms. The van der Waals surface area contributed by atoms with Gasteiger partial charge in [0.1, 0.15) is 0 Å². The molecule has 0 aliphatic heterocycles. The second-order valence-corrected chi connectivity index (χ2v) is 4.06. The molecule has 1 saturated carbocycles. The summed E-state index contributed by atoms with van der Waals surface area (Å²) in [5.41, 5.74) is -0.630. The van der Waals surface area contributed by atoms with Crippen LogP contribution in [0.3, 0.4) is 0 Å². The fourth-order valence-corrected chi connectivity index (χ4v) is 1.80. The first kappa shape index (κ1) is 11.5. The number of hydrogen-bond acceptors (Lipinski definition) is 3. The van der Waals surface area contributed by atoms with Crippen LogP contribution in [0.15, 0.2) is 0 Å². The van der Waals surface area contributed by atoms with Gasteiger partial charge in [-0.2, -0.15) is 0 Å².